The van der Waals surface area contributed by atoms with E-state index >= 15 is 4.39 Å². The van der Waals surface area contributed by atoms with Crippen molar-refractivity contribution in [3.8, 4) is 5.75 Å². The third-order valence-electron chi connectivity index (χ3n) is 5.33. The van der Waals surface area contributed by atoms with Gasteiger partial charge in [0, 0.05) is 20.0 Å². The molecule has 17 heteroatoms. The van der Waals surface area contributed by atoms with Gasteiger partial charge in [-0.25, -0.2) is 19.0 Å². The summed E-state index contributed by atoms with van der Waals surface area (Å²) in [7, 11) is 1.17. The maximum Gasteiger partial charge on any atom is 0.573 e. The number of ether oxygens (including phenoxy) is 3. The maximum atomic E-state index is 15.2. The second-order valence-corrected chi connectivity index (χ2v) is 8.18. The van der Waals surface area contributed by atoms with Gasteiger partial charge >= 0.3 is 18.3 Å². The zero-order valence-electron chi connectivity index (χ0n) is 19.4. The molecule has 4 N–H and O–H groups in total. The van der Waals surface area contributed by atoms with Crippen LogP contribution in [0.4, 0.5) is 23.4 Å². The number of aliphatic carboxylic acids is 2. The number of carboxylic acids is 2. The minimum atomic E-state index is -4.95. The topological polar surface area (TPSA) is 172 Å². The standard InChI is InChI=1S/C21H20ClF4N5O7/c1-36-12(6-13(23)31-9-28-14-15(27)29-19(22)30-16(14)31)8-37-20(17(32)33,18(34)35)7-10-2-4-11(5-3-10)38-21(24,25)26/h2-5,9,12-13H,6-8H2,1H3,(H,32,33)(H,34,35)(H2,27,29,30). The number of halogens is 5. The first-order valence-corrected chi connectivity index (χ1v) is 10.9. The Morgan fingerprint density at radius 1 is 1.16 bits per heavy atom. The third-order valence-corrected chi connectivity index (χ3v) is 5.50. The number of carbonyl (C=O) groups is 2. The van der Waals surface area contributed by atoms with Crippen LogP contribution >= 0.6 is 11.6 Å². The molecule has 2 atom stereocenters. The van der Waals surface area contributed by atoms with Crippen LogP contribution in [0.15, 0.2) is 30.6 Å². The van der Waals surface area contributed by atoms with Gasteiger partial charge in [0.15, 0.2) is 17.8 Å². The molecule has 2 unspecified atom stereocenters. The van der Waals surface area contributed by atoms with Crippen molar-refractivity contribution >= 4 is 40.5 Å². The molecule has 1 aromatic carbocycles. The molecule has 3 rings (SSSR count). The summed E-state index contributed by atoms with van der Waals surface area (Å²) in [5.41, 5.74) is 2.92. The van der Waals surface area contributed by atoms with Crippen LogP contribution in [0.2, 0.25) is 5.28 Å². The Labute approximate surface area is 215 Å². The summed E-state index contributed by atoms with van der Waals surface area (Å²) >= 11 is 5.77. The summed E-state index contributed by atoms with van der Waals surface area (Å²) in [6, 6.07) is 3.89. The molecule has 0 spiro atoms. The lowest BCUT2D eigenvalue weighted by Crippen LogP contribution is -2.52. The molecule has 0 aliphatic heterocycles. The molecule has 12 nitrogen and oxygen atoms in total. The Bertz CT molecular complexity index is 1290. The number of fused-ring (bicyclic) bond motifs is 1. The first kappa shape index (κ1) is 28.8. The first-order valence-electron chi connectivity index (χ1n) is 10.5. The van der Waals surface area contributed by atoms with E-state index in [2.05, 4.69) is 19.7 Å². The number of aromatic nitrogens is 4. The van der Waals surface area contributed by atoms with E-state index in [9.17, 15) is 33.0 Å². The molecule has 3 aromatic rings. The van der Waals surface area contributed by atoms with Gasteiger partial charge in [0.25, 0.3) is 5.60 Å². The smallest absolute Gasteiger partial charge is 0.479 e. The fourth-order valence-corrected chi connectivity index (χ4v) is 3.60. The zero-order valence-corrected chi connectivity index (χ0v) is 20.1. The van der Waals surface area contributed by atoms with E-state index in [0.29, 0.717) is 0 Å². The van der Waals surface area contributed by atoms with Crippen LogP contribution in [0.25, 0.3) is 11.2 Å². The molecule has 38 heavy (non-hydrogen) atoms. The lowest BCUT2D eigenvalue weighted by atomic mass is 9.94. The average molecular weight is 566 g/mol. The first-order chi connectivity index (χ1) is 17.8. The van der Waals surface area contributed by atoms with E-state index < -0.39 is 61.5 Å². The highest BCUT2D eigenvalue weighted by Gasteiger charge is 2.49. The van der Waals surface area contributed by atoms with E-state index in [4.69, 9.17) is 26.8 Å². The van der Waals surface area contributed by atoms with E-state index in [1.807, 2.05) is 0 Å². The number of nitrogen functional groups attached to an aromatic ring is 1. The number of methoxy groups -OCH3 is 1. The van der Waals surface area contributed by atoms with E-state index in [0.717, 1.165) is 35.2 Å². The summed E-state index contributed by atoms with van der Waals surface area (Å²) in [5, 5.41) is 19.2. The van der Waals surface area contributed by atoms with Crippen LogP contribution in [0.3, 0.4) is 0 Å². The highest BCUT2D eigenvalue weighted by atomic mass is 35.5. The molecule has 0 aliphatic carbocycles. The van der Waals surface area contributed by atoms with Gasteiger partial charge in [-0.1, -0.05) is 12.1 Å². The monoisotopic (exact) mass is 565 g/mol. The van der Waals surface area contributed by atoms with Crippen LogP contribution < -0.4 is 10.5 Å². The normalized spacial score (nSPS) is 13.8. The number of anilines is 1. The van der Waals surface area contributed by atoms with Crippen LogP contribution in [-0.2, 0) is 25.5 Å². The number of nitrogens with two attached hydrogens (primary N) is 1. The fraction of sp³-hybridized carbons (Fsp3) is 0.381. The average Bonchev–Trinajstić information content (AvgIpc) is 3.24. The van der Waals surface area contributed by atoms with Crippen molar-refractivity contribution in [3.05, 3.63) is 41.4 Å². The highest BCUT2D eigenvalue weighted by Crippen LogP contribution is 2.28. The second-order valence-electron chi connectivity index (χ2n) is 7.85. The van der Waals surface area contributed by atoms with Crippen molar-refractivity contribution in [2.75, 3.05) is 19.5 Å². The number of hydrogen-bond acceptors (Lipinski definition) is 9. The van der Waals surface area contributed by atoms with Gasteiger partial charge in [-0.05, 0) is 29.3 Å². The Morgan fingerprint density at radius 3 is 2.34 bits per heavy atom. The van der Waals surface area contributed by atoms with Crippen molar-refractivity contribution in [3.63, 3.8) is 0 Å². The Morgan fingerprint density at radius 2 is 1.79 bits per heavy atom. The molecule has 0 amide bonds. The fourth-order valence-electron chi connectivity index (χ4n) is 3.43. The summed E-state index contributed by atoms with van der Waals surface area (Å²) in [6.45, 7) is -0.685. The summed E-state index contributed by atoms with van der Waals surface area (Å²) in [5.74, 6) is -4.46. The van der Waals surface area contributed by atoms with Crippen molar-refractivity contribution in [1.82, 2.24) is 19.5 Å². The van der Waals surface area contributed by atoms with Crippen molar-refractivity contribution in [2.45, 2.75) is 37.2 Å². The quantitative estimate of drug-likeness (QED) is 0.167. The number of alkyl halides is 4. The number of imidazole rings is 1. The summed E-state index contributed by atoms with van der Waals surface area (Å²) < 4.78 is 67.4. The molecule has 0 saturated carbocycles. The number of nitrogens with zero attached hydrogens (tertiary/aromatic N) is 4. The van der Waals surface area contributed by atoms with Gasteiger partial charge in [0.05, 0.1) is 19.0 Å². The predicted octanol–water partition coefficient (Wildman–Crippen LogP) is 3.00. The molecule has 0 saturated heterocycles. The van der Waals surface area contributed by atoms with Gasteiger partial charge in [-0.2, -0.15) is 9.97 Å². The van der Waals surface area contributed by atoms with E-state index in [1.165, 1.54) is 7.11 Å². The molecule has 2 aromatic heterocycles. The zero-order chi connectivity index (χ0) is 28.3. The van der Waals surface area contributed by atoms with Crippen molar-refractivity contribution in [2.24, 2.45) is 0 Å². The summed E-state index contributed by atoms with van der Waals surface area (Å²) in [4.78, 5) is 35.5. The molecule has 0 bridgehead atoms. The van der Waals surface area contributed by atoms with Gasteiger partial charge in [-0.3, -0.25) is 4.57 Å². The minimum Gasteiger partial charge on any atom is -0.479 e. The van der Waals surface area contributed by atoms with E-state index in [-0.39, 0.29) is 27.8 Å². The Balaban J connectivity index is 1.76. The molecule has 2 heterocycles. The van der Waals surface area contributed by atoms with Crippen LogP contribution in [-0.4, -0.2) is 73.5 Å². The number of hydrogen-bond donors (Lipinski definition) is 3. The van der Waals surface area contributed by atoms with Crippen LogP contribution in [0, 0.1) is 0 Å². The molecule has 0 fully saturated rings. The molecular weight excluding hydrogens is 546 g/mol. The van der Waals surface area contributed by atoms with Gasteiger partial charge in [0.2, 0.25) is 5.28 Å². The third kappa shape index (κ3) is 6.56. The lowest BCUT2D eigenvalue weighted by molar-refractivity contribution is -0.274. The van der Waals surface area contributed by atoms with Crippen LogP contribution in [0.5, 0.6) is 5.75 Å². The predicted molar refractivity (Wildman–Crippen MR) is 121 cm³/mol. The summed E-state index contributed by atoms with van der Waals surface area (Å²) in [6.07, 6.45) is -8.10. The minimum absolute atomic E-state index is 0.0145. The lowest BCUT2D eigenvalue weighted by Gasteiger charge is -2.28. The van der Waals surface area contributed by atoms with Gasteiger partial charge < -0.3 is 30.2 Å². The van der Waals surface area contributed by atoms with Gasteiger partial charge in [-0.15, -0.1) is 13.2 Å². The van der Waals surface area contributed by atoms with Gasteiger partial charge in [0.1, 0.15) is 11.3 Å². The van der Waals surface area contributed by atoms with Crippen molar-refractivity contribution < 1.29 is 51.6 Å². The molecule has 0 radical (unpaired) electrons. The number of benzene rings is 1. The Kier molecular flexibility index (Phi) is 8.58. The largest absolute Gasteiger partial charge is 0.573 e. The number of carboxylic acid groups (broad SMARTS) is 2. The SMILES string of the molecule is COC(COC(Cc1ccc(OC(F)(F)F)cc1)(C(=O)O)C(=O)O)CC(F)n1cnc2c(N)nc(Cl)nc21. The van der Waals surface area contributed by atoms with Crippen molar-refractivity contribution in [1.29, 1.82) is 0 Å². The molecule has 206 valence electrons. The number of rotatable bonds is 12. The highest BCUT2D eigenvalue weighted by molar-refractivity contribution is 6.28. The maximum absolute atomic E-state index is 15.2. The van der Waals surface area contributed by atoms with Crippen LogP contribution in [0.1, 0.15) is 18.3 Å². The Hall–Kier alpha value is -3.76. The molecular formula is C21H20ClF4N5O7. The molecule has 0 aliphatic rings. The second kappa shape index (κ2) is 11.3. The van der Waals surface area contributed by atoms with E-state index in [1.54, 1.807) is 0 Å².